The molecule has 0 bridgehead atoms. The van der Waals surface area contributed by atoms with E-state index >= 15 is 0 Å². The monoisotopic (exact) mass is 831 g/mol. The largest absolute Gasteiger partial charge is 0.309 e. The van der Waals surface area contributed by atoms with Crippen LogP contribution in [-0.2, 0) is 0 Å². The quantitative estimate of drug-likeness (QED) is 0.160. The van der Waals surface area contributed by atoms with Crippen LogP contribution in [-0.4, -0.2) is 33.9 Å². The van der Waals surface area contributed by atoms with Crippen LogP contribution in [0.15, 0.2) is 225 Å². The SMILES string of the molecule is c1ccc(-c2ccc(-c3nc(-c4ccccc4)nc(-c4cccc(-n5c6ccccc6c6cc(-n7ncc8c7ccc7c9ccccc9n(-c9ccccc9)c78)ccc65)c4)n3)cc2)cc1. The van der Waals surface area contributed by atoms with E-state index in [2.05, 4.69) is 196 Å². The molecule has 0 unspecified atom stereocenters. The standard InChI is InChI=1S/C58H37N7/c1-4-15-38(16-5-1)39-27-29-41(30-28-39)57-60-56(40-17-6-2-7-18-40)61-58(62-57)42-19-14-22-44(35-42)63-51-25-12-11-24-47(51)49-36-45(31-33-53(49)63)65-54-34-32-48-46-23-10-13-26-52(46)64(43-20-8-3-9-21-43)55(48)50(54)37-59-65/h1-37H. The highest BCUT2D eigenvalue weighted by Crippen LogP contribution is 2.39. The highest BCUT2D eigenvalue weighted by atomic mass is 15.3. The summed E-state index contributed by atoms with van der Waals surface area (Å²) in [6.45, 7) is 0. The molecular formula is C58H37N7. The minimum atomic E-state index is 0.608. The van der Waals surface area contributed by atoms with Gasteiger partial charge in [-0.3, -0.25) is 0 Å². The first-order chi connectivity index (χ1) is 32.2. The maximum absolute atomic E-state index is 5.12. The van der Waals surface area contributed by atoms with Crippen molar-refractivity contribution in [3.63, 3.8) is 0 Å². The van der Waals surface area contributed by atoms with Gasteiger partial charge in [0, 0.05) is 55.0 Å². The minimum Gasteiger partial charge on any atom is -0.309 e. The van der Waals surface area contributed by atoms with Crippen LogP contribution in [0.4, 0.5) is 0 Å². The maximum atomic E-state index is 5.12. The van der Waals surface area contributed by atoms with Crippen molar-refractivity contribution in [3.8, 4) is 62.4 Å². The van der Waals surface area contributed by atoms with Crippen LogP contribution in [0.1, 0.15) is 0 Å². The number of hydrogen-bond donors (Lipinski definition) is 0. The normalized spacial score (nSPS) is 11.7. The average Bonchev–Trinajstić information content (AvgIpc) is 4.07. The first-order valence-electron chi connectivity index (χ1n) is 21.8. The molecule has 13 rings (SSSR count). The zero-order valence-electron chi connectivity index (χ0n) is 35.0. The fourth-order valence-corrected chi connectivity index (χ4v) is 9.56. The summed E-state index contributed by atoms with van der Waals surface area (Å²) in [6, 6.07) is 76.5. The van der Waals surface area contributed by atoms with Crippen LogP contribution >= 0.6 is 0 Å². The Morgan fingerprint density at radius 1 is 0.277 bits per heavy atom. The van der Waals surface area contributed by atoms with Crippen LogP contribution in [0.5, 0.6) is 0 Å². The number of hydrogen-bond acceptors (Lipinski definition) is 4. The van der Waals surface area contributed by atoms with Crippen molar-refractivity contribution in [2.45, 2.75) is 0 Å². The highest BCUT2D eigenvalue weighted by Gasteiger charge is 2.20. The van der Waals surface area contributed by atoms with Crippen LogP contribution in [0.2, 0.25) is 0 Å². The number of rotatable bonds is 7. The summed E-state index contributed by atoms with van der Waals surface area (Å²) < 4.78 is 6.78. The minimum absolute atomic E-state index is 0.608. The van der Waals surface area contributed by atoms with Gasteiger partial charge in [-0.25, -0.2) is 19.6 Å². The fourth-order valence-electron chi connectivity index (χ4n) is 9.56. The van der Waals surface area contributed by atoms with Crippen molar-refractivity contribution >= 4 is 54.5 Å². The van der Waals surface area contributed by atoms with E-state index in [9.17, 15) is 0 Å². The number of fused-ring (bicyclic) bond motifs is 8. The molecule has 0 radical (unpaired) electrons. The van der Waals surface area contributed by atoms with Crippen LogP contribution in [0.25, 0.3) is 117 Å². The zero-order valence-corrected chi connectivity index (χ0v) is 35.0. The molecule has 0 aliphatic carbocycles. The molecule has 7 heteroatoms. The average molecular weight is 832 g/mol. The van der Waals surface area contributed by atoms with Crippen molar-refractivity contribution in [2.75, 3.05) is 0 Å². The lowest BCUT2D eigenvalue weighted by Gasteiger charge is -2.12. The first kappa shape index (κ1) is 36.7. The third-order valence-electron chi connectivity index (χ3n) is 12.6. The Balaban J connectivity index is 0.932. The van der Waals surface area contributed by atoms with Crippen LogP contribution in [0.3, 0.4) is 0 Å². The van der Waals surface area contributed by atoms with Gasteiger partial charge >= 0.3 is 0 Å². The summed E-state index contributed by atoms with van der Waals surface area (Å²) in [5.74, 6) is 1.86. The van der Waals surface area contributed by atoms with Crippen molar-refractivity contribution in [2.24, 2.45) is 0 Å². The van der Waals surface area contributed by atoms with E-state index in [0.717, 1.165) is 77.5 Å². The number of para-hydroxylation sites is 3. The summed E-state index contributed by atoms with van der Waals surface area (Å²) >= 11 is 0. The predicted octanol–water partition coefficient (Wildman–Crippen LogP) is 14.1. The molecule has 0 fully saturated rings. The van der Waals surface area contributed by atoms with Crippen LogP contribution < -0.4 is 0 Å². The molecule has 0 N–H and O–H groups in total. The third kappa shape index (κ3) is 6.05. The molecule has 13 aromatic rings. The van der Waals surface area contributed by atoms with Gasteiger partial charge in [0.15, 0.2) is 17.5 Å². The molecule has 7 nitrogen and oxygen atoms in total. The number of benzene rings is 9. The van der Waals surface area contributed by atoms with E-state index in [1.807, 2.05) is 42.6 Å². The van der Waals surface area contributed by atoms with Gasteiger partial charge in [-0.2, -0.15) is 5.10 Å². The maximum Gasteiger partial charge on any atom is 0.164 e. The molecule has 0 spiro atoms. The third-order valence-corrected chi connectivity index (χ3v) is 12.6. The van der Waals surface area contributed by atoms with E-state index in [-0.39, 0.29) is 0 Å². The molecule has 0 amide bonds. The summed E-state index contributed by atoms with van der Waals surface area (Å²) in [6.07, 6.45) is 2.02. The number of nitrogens with zero attached hydrogens (tertiary/aromatic N) is 7. The first-order valence-corrected chi connectivity index (χ1v) is 21.8. The lowest BCUT2D eigenvalue weighted by molar-refractivity contribution is 0.912. The van der Waals surface area contributed by atoms with Gasteiger partial charge in [0.25, 0.3) is 0 Å². The lowest BCUT2D eigenvalue weighted by Crippen LogP contribution is -2.01. The molecule has 9 aromatic carbocycles. The smallest absolute Gasteiger partial charge is 0.164 e. The molecule has 0 aliphatic heterocycles. The second-order valence-electron chi connectivity index (χ2n) is 16.4. The van der Waals surface area contributed by atoms with E-state index in [0.29, 0.717) is 17.5 Å². The molecule has 4 aromatic heterocycles. The Kier molecular flexibility index (Phi) is 8.39. The van der Waals surface area contributed by atoms with Crippen molar-refractivity contribution < 1.29 is 0 Å². The van der Waals surface area contributed by atoms with Gasteiger partial charge in [0.05, 0.1) is 39.5 Å². The fraction of sp³-hybridized carbons (Fsp3) is 0. The van der Waals surface area contributed by atoms with Crippen molar-refractivity contribution in [1.29, 1.82) is 0 Å². The van der Waals surface area contributed by atoms with Crippen molar-refractivity contribution in [3.05, 3.63) is 225 Å². The number of aromatic nitrogens is 7. The summed E-state index contributed by atoms with van der Waals surface area (Å²) in [5.41, 5.74) is 13.8. The summed E-state index contributed by atoms with van der Waals surface area (Å²) in [7, 11) is 0. The Bertz CT molecular complexity index is 3920. The molecule has 304 valence electrons. The predicted molar refractivity (Wildman–Crippen MR) is 265 cm³/mol. The summed E-state index contributed by atoms with van der Waals surface area (Å²) in [4.78, 5) is 15.2. The van der Waals surface area contributed by atoms with Crippen molar-refractivity contribution in [1.82, 2.24) is 33.9 Å². The lowest BCUT2D eigenvalue weighted by atomic mass is 10.0. The Morgan fingerprint density at radius 3 is 1.51 bits per heavy atom. The molecule has 0 saturated carbocycles. The van der Waals surface area contributed by atoms with Gasteiger partial charge in [0.1, 0.15) is 0 Å². The van der Waals surface area contributed by atoms with E-state index in [1.54, 1.807) is 0 Å². The molecule has 65 heavy (non-hydrogen) atoms. The topological polar surface area (TPSA) is 66.3 Å². The van der Waals surface area contributed by atoms with Gasteiger partial charge in [0.2, 0.25) is 0 Å². The molecular weight excluding hydrogens is 795 g/mol. The Morgan fingerprint density at radius 2 is 0.785 bits per heavy atom. The van der Waals surface area contributed by atoms with Crippen LogP contribution in [0, 0.1) is 0 Å². The van der Waals surface area contributed by atoms with Gasteiger partial charge in [-0.05, 0) is 77.9 Å². The molecule has 0 atom stereocenters. The second-order valence-corrected chi connectivity index (χ2v) is 16.4. The van der Waals surface area contributed by atoms with E-state index < -0.39 is 0 Å². The second kappa shape index (κ2) is 14.9. The van der Waals surface area contributed by atoms with E-state index in [1.165, 1.54) is 21.9 Å². The van der Waals surface area contributed by atoms with Gasteiger partial charge in [-0.1, -0.05) is 152 Å². The van der Waals surface area contributed by atoms with Gasteiger partial charge < -0.3 is 9.13 Å². The molecule has 0 aliphatic rings. The highest BCUT2D eigenvalue weighted by molar-refractivity contribution is 6.18. The Hall–Kier alpha value is -8.94. The summed E-state index contributed by atoms with van der Waals surface area (Å²) in [5, 5.41) is 10.9. The zero-order chi connectivity index (χ0) is 42.8. The van der Waals surface area contributed by atoms with E-state index in [4.69, 9.17) is 20.1 Å². The molecule has 4 heterocycles. The van der Waals surface area contributed by atoms with Gasteiger partial charge in [-0.15, -0.1) is 0 Å². The molecule has 0 saturated heterocycles. The Labute approximate surface area is 373 Å².